The minimum Gasteiger partial charge on any atom is -0.477 e. The standard InChI is InChI=1S/C14H10N2O4/c15-12(17)3-1-2-8-4-5-11-9(6-8)13(18)10(7-16-11)14(19)20/h4-7H,3H2,(H2,15,17)(H,16,18)(H,19,20). The number of benzene rings is 1. The molecule has 0 spiro atoms. The van der Waals surface area contributed by atoms with Crippen molar-refractivity contribution < 1.29 is 14.7 Å². The van der Waals surface area contributed by atoms with Crippen LogP contribution in [0, 0.1) is 11.8 Å². The summed E-state index contributed by atoms with van der Waals surface area (Å²) in [5, 5.41) is 9.13. The van der Waals surface area contributed by atoms with Crippen molar-refractivity contribution in [2.45, 2.75) is 6.42 Å². The summed E-state index contributed by atoms with van der Waals surface area (Å²) in [7, 11) is 0. The van der Waals surface area contributed by atoms with Gasteiger partial charge in [-0.05, 0) is 18.2 Å². The maximum atomic E-state index is 12.0. The molecule has 2 aromatic rings. The number of amides is 1. The van der Waals surface area contributed by atoms with E-state index in [0.29, 0.717) is 11.1 Å². The van der Waals surface area contributed by atoms with E-state index in [2.05, 4.69) is 16.8 Å². The first-order valence-corrected chi connectivity index (χ1v) is 5.65. The quantitative estimate of drug-likeness (QED) is 0.687. The number of primary amides is 1. The molecule has 0 saturated carbocycles. The second-order valence-corrected chi connectivity index (χ2v) is 4.04. The lowest BCUT2D eigenvalue weighted by Gasteiger charge is -2.00. The average Bonchev–Trinajstić information content (AvgIpc) is 2.39. The Morgan fingerprint density at radius 1 is 1.35 bits per heavy atom. The SMILES string of the molecule is NC(=O)CC#Cc1ccc2[nH]cc(C(=O)O)c(=O)c2c1. The van der Waals surface area contributed by atoms with Crippen molar-refractivity contribution in [3.8, 4) is 11.8 Å². The highest BCUT2D eigenvalue weighted by Crippen LogP contribution is 2.10. The summed E-state index contributed by atoms with van der Waals surface area (Å²) in [6.07, 6.45) is 1.08. The Morgan fingerprint density at radius 3 is 2.75 bits per heavy atom. The van der Waals surface area contributed by atoms with Gasteiger partial charge in [-0.3, -0.25) is 9.59 Å². The Labute approximate surface area is 113 Å². The molecule has 100 valence electrons. The Morgan fingerprint density at radius 2 is 2.10 bits per heavy atom. The van der Waals surface area contributed by atoms with Crippen LogP contribution in [0.2, 0.25) is 0 Å². The number of nitrogens with two attached hydrogens (primary N) is 1. The molecule has 0 fully saturated rings. The maximum Gasteiger partial charge on any atom is 0.341 e. The summed E-state index contributed by atoms with van der Waals surface area (Å²) in [6.45, 7) is 0. The Bertz CT molecular complexity index is 824. The van der Waals surface area contributed by atoms with Crippen LogP contribution in [0.1, 0.15) is 22.3 Å². The van der Waals surface area contributed by atoms with Crippen LogP contribution in [-0.4, -0.2) is 22.0 Å². The van der Waals surface area contributed by atoms with Gasteiger partial charge in [0.25, 0.3) is 0 Å². The molecule has 0 radical (unpaired) electrons. The number of pyridine rings is 1. The zero-order chi connectivity index (χ0) is 14.7. The topological polar surface area (TPSA) is 113 Å². The lowest BCUT2D eigenvalue weighted by molar-refractivity contribution is -0.117. The fourth-order valence-electron chi connectivity index (χ4n) is 1.69. The number of fused-ring (bicyclic) bond motifs is 1. The van der Waals surface area contributed by atoms with Crippen LogP contribution in [0.3, 0.4) is 0 Å². The first-order chi connectivity index (χ1) is 9.49. The highest BCUT2D eigenvalue weighted by atomic mass is 16.4. The van der Waals surface area contributed by atoms with Crippen molar-refractivity contribution in [1.29, 1.82) is 0 Å². The van der Waals surface area contributed by atoms with Gasteiger partial charge in [-0.1, -0.05) is 11.8 Å². The zero-order valence-electron chi connectivity index (χ0n) is 10.3. The molecule has 20 heavy (non-hydrogen) atoms. The molecule has 0 aliphatic rings. The predicted molar refractivity (Wildman–Crippen MR) is 72.2 cm³/mol. The smallest absolute Gasteiger partial charge is 0.341 e. The third kappa shape index (κ3) is 2.67. The van der Waals surface area contributed by atoms with E-state index in [1.165, 1.54) is 6.07 Å². The largest absolute Gasteiger partial charge is 0.477 e. The molecule has 1 aromatic heterocycles. The molecule has 2 rings (SSSR count). The molecule has 0 atom stereocenters. The summed E-state index contributed by atoms with van der Waals surface area (Å²) in [6, 6.07) is 4.76. The van der Waals surface area contributed by atoms with Crippen molar-refractivity contribution >= 4 is 22.8 Å². The van der Waals surface area contributed by atoms with Gasteiger partial charge < -0.3 is 15.8 Å². The molecule has 1 amide bonds. The first-order valence-electron chi connectivity index (χ1n) is 5.65. The van der Waals surface area contributed by atoms with Crippen LogP contribution in [0.4, 0.5) is 0 Å². The minimum atomic E-state index is -1.29. The van der Waals surface area contributed by atoms with E-state index >= 15 is 0 Å². The molecule has 6 nitrogen and oxygen atoms in total. The number of hydrogen-bond acceptors (Lipinski definition) is 3. The second-order valence-electron chi connectivity index (χ2n) is 4.04. The third-order valence-electron chi connectivity index (χ3n) is 2.61. The van der Waals surface area contributed by atoms with Gasteiger partial charge in [-0.15, -0.1) is 0 Å². The van der Waals surface area contributed by atoms with Crippen LogP contribution in [-0.2, 0) is 4.79 Å². The summed E-state index contributed by atoms with van der Waals surface area (Å²) < 4.78 is 0. The van der Waals surface area contributed by atoms with Crippen molar-refractivity contribution in [1.82, 2.24) is 4.98 Å². The number of aromatic nitrogens is 1. The number of rotatable bonds is 2. The Balaban J connectivity index is 2.54. The highest BCUT2D eigenvalue weighted by Gasteiger charge is 2.11. The number of carboxylic acid groups (broad SMARTS) is 1. The second kappa shape index (κ2) is 5.28. The van der Waals surface area contributed by atoms with E-state index in [1.807, 2.05) is 0 Å². The zero-order valence-corrected chi connectivity index (χ0v) is 10.3. The summed E-state index contributed by atoms with van der Waals surface area (Å²) in [4.78, 5) is 36.2. The molecule has 0 saturated heterocycles. The van der Waals surface area contributed by atoms with E-state index in [4.69, 9.17) is 10.8 Å². The van der Waals surface area contributed by atoms with Crippen LogP contribution >= 0.6 is 0 Å². The van der Waals surface area contributed by atoms with Gasteiger partial charge in [-0.25, -0.2) is 4.79 Å². The Hall–Kier alpha value is -3.07. The molecule has 0 aliphatic carbocycles. The van der Waals surface area contributed by atoms with Crippen molar-refractivity contribution in [2.75, 3.05) is 0 Å². The van der Waals surface area contributed by atoms with Gasteiger partial charge in [-0.2, -0.15) is 0 Å². The third-order valence-corrected chi connectivity index (χ3v) is 2.61. The molecular weight excluding hydrogens is 260 g/mol. The fraction of sp³-hybridized carbons (Fsp3) is 0.0714. The van der Waals surface area contributed by atoms with E-state index in [-0.39, 0.29) is 17.4 Å². The minimum absolute atomic E-state index is 0.0798. The molecule has 4 N–H and O–H groups in total. The van der Waals surface area contributed by atoms with Crippen molar-refractivity contribution in [2.24, 2.45) is 5.73 Å². The molecule has 6 heteroatoms. The van der Waals surface area contributed by atoms with Crippen LogP contribution in [0.25, 0.3) is 10.9 Å². The van der Waals surface area contributed by atoms with E-state index < -0.39 is 17.3 Å². The Kier molecular flexibility index (Phi) is 3.53. The number of aromatic amines is 1. The lowest BCUT2D eigenvalue weighted by atomic mass is 10.1. The molecule has 1 heterocycles. The van der Waals surface area contributed by atoms with Gasteiger partial charge in [0, 0.05) is 22.7 Å². The number of aromatic carboxylic acids is 1. The summed E-state index contributed by atoms with van der Waals surface area (Å²) in [5.41, 5.74) is 5.07. The normalized spacial score (nSPS) is 9.80. The van der Waals surface area contributed by atoms with Gasteiger partial charge in [0.2, 0.25) is 11.3 Å². The van der Waals surface area contributed by atoms with Crippen LogP contribution in [0.5, 0.6) is 0 Å². The maximum absolute atomic E-state index is 12.0. The average molecular weight is 270 g/mol. The van der Waals surface area contributed by atoms with Crippen LogP contribution in [0.15, 0.2) is 29.2 Å². The highest BCUT2D eigenvalue weighted by molar-refractivity contribution is 5.92. The number of carbonyl (C=O) groups is 2. The number of H-pyrrole nitrogens is 1. The summed E-state index contributed by atoms with van der Waals surface area (Å²) in [5.74, 6) is 3.43. The van der Waals surface area contributed by atoms with Gasteiger partial charge in [0.05, 0.1) is 6.42 Å². The predicted octanol–water partition coefficient (Wildman–Crippen LogP) is 0.453. The molecule has 0 unspecified atom stereocenters. The molecule has 0 bridgehead atoms. The van der Waals surface area contributed by atoms with Gasteiger partial charge in [0.1, 0.15) is 5.56 Å². The van der Waals surface area contributed by atoms with Gasteiger partial charge in [0.15, 0.2) is 0 Å². The lowest BCUT2D eigenvalue weighted by Crippen LogP contribution is -2.15. The van der Waals surface area contributed by atoms with E-state index in [9.17, 15) is 14.4 Å². The van der Waals surface area contributed by atoms with Gasteiger partial charge >= 0.3 is 5.97 Å². The number of nitrogens with one attached hydrogen (secondary N) is 1. The molecule has 0 aliphatic heterocycles. The van der Waals surface area contributed by atoms with E-state index in [1.54, 1.807) is 12.1 Å². The number of hydrogen-bond donors (Lipinski definition) is 3. The van der Waals surface area contributed by atoms with Crippen molar-refractivity contribution in [3.63, 3.8) is 0 Å². The van der Waals surface area contributed by atoms with Crippen LogP contribution < -0.4 is 11.2 Å². The fourth-order valence-corrected chi connectivity index (χ4v) is 1.69. The number of carbonyl (C=O) groups excluding carboxylic acids is 1. The molecule has 1 aromatic carbocycles. The summed E-state index contributed by atoms with van der Waals surface area (Å²) >= 11 is 0. The first kappa shape index (κ1) is 13.4. The number of carboxylic acids is 1. The molecular formula is C14H10N2O4. The van der Waals surface area contributed by atoms with E-state index in [0.717, 1.165) is 6.20 Å². The monoisotopic (exact) mass is 270 g/mol. The van der Waals surface area contributed by atoms with Crippen molar-refractivity contribution in [3.05, 3.63) is 45.7 Å².